The monoisotopic (exact) mass is 320 g/mol. The minimum absolute atomic E-state index is 0.0134. The summed E-state index contributed by atoms with van der Waals surface area (Å²) in [5, 5.41) is 18.3. The lowest BCUT2D eigenvalue weighted by molar-refractivity contribution is 0.444. The summed E-state index contributed by atoms with van der Waals surface area (Å²) in [5.41, 5.74) is 0.600. The molecule has 0 saturated heterocycles. The second-order valence-corrected chi connectivity index (χ2v) is 5.63. The van der Waals surface area contributed by atoms with Crippen LogP contribution in [0.3, 0.4) is 0 Å². The Kier molecular flexibility index (Phi) is 2.96. The van der Waals surface area contributed by atoms with Gasteiger partial charge in [-0.05, 0) is 12.1 Å². The molecule has 0 aliphatic carbocycles. The molecule has 4 rings (SSSR count). The standard InChI is InChI=1S/C16H12N6O2/c1-9(2)14-19-11(7-17)16(24-14)22-15(23)13-10(8-18-22)12-5-3-4-6-21(12)20-13/h3-6,8-9H,1-2H3. The summed E-state index contributed by atoms with van der Waals surface area (Å²) in [6.07, 6.45) is 3.29. The fourth-order valence-corrected chi connectivity index (χ4v) is 2.51. The number of aromatic nitrogens is 5. The summed E-state index contributed by atoms with van der Waals surface area (Å²) in [6.45, 7) is 3.77. The molecule has 0 radical (unpaired) electrons. The van der Waals surface area contributed by atoms with Crippen LogP contribution in [0, 0.1) is 11.3 Å². The number of pyridine rings is 1. The van der Waals surface area contributed by atoms with Crippen LogP contribution in [0.1, 0.15) is 31.4 Å². The molecule has 0 spiro atoms. The Morgan fingerprint density at radius 2 is 2.17 bits per heavy atom. The molecule has 0 aliphatic heterocycles. The van der Waals surface area contributed by atoms with E-state index >= 15 is 0 Å². The predicted molar refractivity (Wildman–Crippen MR) is 85.0 cm³/mol. The van der Waals surface area contributed by atoms with E-state index in [1.807, 2.05) is 38.1 Å². The summed E-state index contributed by atoms with van der Waals surface area (Å²) < 4.78 is 8.24. The average molecular weight is 320 g/mol. The fourth-order valence-electron chi connectivity index (χ4n) is 2.51. The maximum atomic E-state index is 12.8. The third kappa shape index (κ3) is 1.91. The third-order valence-corrected chi connectivity index (χ3v) is 3.69. The summed E-state index contributed by atoms with van der Waals surface area (Å²) in [5.74, 6) is 0.385. The van der Waals surface area contributed by atoms with Gasteiger partial charge in [-0.25, -0.2) is 9.50 Å². The average Bonchev–Trinajstić information content (AvgIpc) is 3.17. The Labute approximate surface area is 135 Å². The van der Waals surface area contributed by atoms with Crippen molar-refractivity contribution in [1.29, 1.82) is 5.26 Å². The Bertz CT molecular complexity index is 1170. The summed E-state index contributed by atoms with van der Waals surface area (Å²) in [7, 11) is 0. The minimum atomic E-state index is -0.459. The van der Waals surface area contributed by atoms with Crippen molar-refractivity contribution in [2.24, 2.45) is 0 Å². The second-order valence-electron chi connectivity index (χ2n) is 5.63. The molecule has 0 N–H and O–H groups in total. The second kappa shape index (κ2) is 5.03. The van der Waals surface area contributed by atoms with Crippen LogP contribution in [-0.4, -0.2) is 24.4 Å². The van der Waals surface area contributed by atoms with Crippen molar-refractivity contribution in [3.63, 3.8) is 0 Å². The van der Waals surface area contributed by atoms with Gasteiger partial charge in [-0.1, -0.05) is 19.9 Å². The zero-order valence-corrected chi connectivity index (χ0v) is 13.0. The molecule has 24 heavy (non-hydrogen) atoms. The van der Waals surface area contributed by atoms with E-state index in [2.05, 4.69) is 15.2 Å². The first-order valence-electron chi connectivity index (χ1n) is 7.36. The van der Waals surface area contributed by atoms with Gasteiger partial charge in [0.1, 0.15) is 6.07 Å². The van der Waals surface area contributed by atoms with E-state index in [9.17, 15) is 10.1 Å². The number of nitrogens with zero attached hydrogens (tertiary/aromatic N) is 6. The van der Waals surface area contributed by atoms with E-state index in [0.717, 1.165) is 10.2 Å². The van der Waals surface area contributed by atoms with Crippen LogP contribution >= 0.6 is 0 Å². The van der Waals surface area contributed by atoms with Crippen LogP contribution in [-0.2, 0) is 0 Å². The quantitative estimate of drug-likeness (QED) is 0.560. The molecular formula is C16H12N6O2. The Morgan fingerprint density at radius 3 is 2.92 bits per heavy atom. The van der Waals surface area contributed by atoms with Crippen LogP contribution in [0.5, 0.6) is 0 Å². The van der Waals surface area contributed by atoms with Crippen molar-refractivity contribution in [2.75, 3.05) is 0 Å². The van der Waals surface area contributed by atoms with Crippen molar-refractivity contribution in [3.05, 3.63) is 52.5 Å². The molecule has 0 amide bonds. The molecule has 0 atom stereocenters. The number of hydrogen-bond acceptors (Lipinski definition) is 6. The molecule has 4 heterocycles. The number of hydrogen-bond donors (Lipinski definition) is 0. The highest BCUT2D eigenvalue weighted by Crippen LogP contribution is 2.21. The lowest BCUT2D eigenvalue weighted by atomic mass is 10.2. The molecule has 0 fully saturated rings. The van der Waals surface area contributed by atoms with Crippen molar-refractivity contribution >= 4 is 16.4 Å². The zero-order chi connectivity index (χ0) is 16.8. The molecule has 4 aromatic rings. The maximum Gasteiger partial charge on any atom is 0.302 e. The van der Waals surface area contributed by atoms with E-state index in [-0.39, 0.29) is 23.0 Å². The van der Waals surface area contributed by atoms with E-state index < -0.39 is 5.56 Å². The smallest absolute Gasteiger partial charge is 0.302 e. The molecule has 0 saturated carbocycles. The van der Waals surface area contributed by atoms with Crippen LogP contribution in [0.25, 0.3) is 22.3 Å². The number of oxazole rings is 1. The molecule has 118 valence electrons. The highest BCUT2D eigenvalue weighted by molar-refractivity contribution is 5.92. The van der Waals surface area contributed by atoms with E-state index in [4.69, 9.17) is 4.42 Å². The van der Waals surface area contributed by atoms with Gasteiger partial charge in [0, 0.05) is 12.1 Å². The normalized spacial score (nSPS) is 11.4. The van der Waals surface area contributed by atoms with Crippen molar-refractivity contribution < 1.29 is 4.42 Å². The summed E-state index contributed by atoms with van der Waals surface area (Å²) in [6, 6.07) is 7.48. The van der Waals surface area contributed by atoms with Gasteiger partial charge in [0.15, 0.2) is 5.52 Å². The Morgan fingerprint density at radius 1 is 1.33 bits per heavy atom. The molecule has 8 nitrogen and oxygen atoms in total. The molecule has 4 aromatic heterocycles. The predicted octanol–water partition coefficient (Wildman–Crippen LogP) is 2.02. The lowest BCUT2D eigenvalue weighted by Gasteiger charge is -2.00. The van der Waals surface area contributed by atoms with Crippen molar-refractivity contribution in [2.45, 2.75) is 19.8 Å². The topological polar surface area (TPSA) is 102 Å². The largest absolute Gasteiger partial charge is 0.421 e. The number of rotatable bonds is 2. The van der Waals surface area contributed by atoms with Crippen molar-refractivity contribution in [1.82, 2.24) is 24.4 Å². The van der Waals surface area contributed by atoms with Gasteiger partial charge < -0.3 is 4.42 Å². The van der Waals surface area contributed by atoms with E-state index in [1.165, 1.54) is 6.20 Å². The van der Waals surface area contributed by atoms with Gasteiger partial charge in [-0.3, -0.25) is 4.79 Å². The first-order valence-corrected chi connectivity index (χ1v) is 7.36. The summed E-state index contributed by atoms with van der Waals surface area (Å²) in [4.78, 5) is 16.9. The molecule has 8 heteroatoms. The molecule has 0 bridgehead atoms. The van der Waals surface area contributed by atoms with Gasteiger partial charge in [0.2, 0.25) is 11.6 Å². The van der Waals surface area contributed by atoms with E-state index in [0.29, 0.717) is 11.3 Å². The highest BCUT2D eigenvalue weighted by atomic mass is 16.4. The molecular weight excluding hydrogens is 308 g/mol. The molecule has 0 aliphatic rings. The SMILES string of the molecule is CC(C)c1nc(C#N)c(-n2ncc3c(nn4ccccc34)c2=O)o1. The van der Waals surface area contributed by atoms with Crippen LogP contribution in [0.4, 0.5) is 0 Å². The first-order chi connectivity index (χ1) is 11.6. The number of nitriles is 1. The van der Waals surface area contributed by atoms with Crippen LogP contribution < -0.4 is 5.56 Å². The minimum Gasteiger partial charge on any atom is -0.421 e. The van der Waals surface area contributed by atoms with Gasteiger partial charge in [-0.2, -0.15) is 20.1 Å². The highest BCUT2D eigenvalue weighted by Gasteiger charge is 2.21. The Balaban J connectivity index is 2.02. The van der Waals surface area contributed by atoms with Crippen molar-refractivity contribution in [3.8, 4) is 12.0 Å². The number of fused-ring (bicyclic) bond motifs is 3. The van der Waals surface area contributed by atoms with Crippen LogP contribution in [0.2, 0.25) is 0 Å². The Hall–Kier alpha value is -3.47. The maximum absolute atomic E-state index is 12.8. The molecule has 0 aromatic carbocycles. The third-order valence-electron chi connectivity index (χ3n) is 3.69. The summed E-state index contributed by atoms with van der Waals surface area (Å²) >= 11 is 0. The lowest BCUT2D eigenvalue weighted by Crippen LogP contribution is -2.21. The van der Waals surface area contributed by atoms with Gasteiger partial charge >= 0.3 is 5.56 Å². The fraction of sp³-hybridized carbons (Fsp3) is 0.188. The van der Waals surface area contributed by atoms with Gasteiger partial charge in [0.25, 0.3) is 5.88 Å². The van der Waals surface area contributed by atoms with Crippen LogP contribution in [0.15, 0.2) is 39.8 Å². The zero-order valence-electron chi connectivity index (χ0n) is 13.0. The van der Waals surface area contributed by atoms with Gasteiger partial charge in [0.05, 0.1) is 17.1 Å². The van der Waals surface area contributed by atoms with Gasteiger partial charge in [-0.15, -0.1) is 0 Å². The first kappa shape index (κ1) is 14.1. The molecule has 0 unspecified atom stereocenters. The van der Waals surface area contributed by atoms with E-state index in [1.54, 1.807) is 10.7 Å².